The number of carbonyl (C=O) groups excluding carboxylic acids is 3. The molecule has 2 N–H and O–H groups in total. The lowest BCUT2D eigenvalue weighted by molar-refractivity contribution is -0.134. The van der Waals surface area contributed by atoms with E-state index in [0.717, 1.165) is 5.69 Å². The number of fused-ring (bicyclic) bond motifs is 1. The van der Waals surface area contributed by atoms with Crippen LogP contribution >= 0.6 is 0 Å². The number of rotatable bonds is 3. The van der Waals surface area contributed by atoms with Crippen LogP contribution in [-0.4, -0.2) is 54.8 Å². The van der Waals surface area contributed by atoms with Crippen LogP contribution in [0.4, 0.5) is 15.8 Å². The molecule has 2 aliphatic rings. The second-order valence-electron chi connectivity index (χ2n) is 7.11. The van der Waals surface area contributed by atoms with Crippen LogP contribution < -0.4 is 15.5 Å². The molecule has 3 amide bonds. The van der Waals surface area contributed by atoms with Gasteiger partial charge < -0.3 is 20.4 Å². The Kier molecular flexibility index (Phi) is 5.16. The topological polar surface area (TPSA) is 81.8 Å². The van der Waals surface area contributed by atoms with E-state index in [4.69, 9.17) is 0 Å². The molecule has 2 aliphatic heterocycles. The molecule has 1 saturated heterocycles. The van der Waals surface area contributed by atoms with Gasteiger partial charge in [0, 0.05) is 31.9 Å². The van der Waals surface area contributed by atoms with Crippen LogP contribution in [0.3, 0.4) is 0 Å². The number of anilines is 2. The van der Waals surface area contributed by atoms with E-state index in [1.54, 1.807) is 41.3 Å². The van der Waals surface area contributed by atoms with Gasteiger partial charge in [-0.1, -0.05) is 12.1 Å². The number of carbonyl (C=O) groups is 3. The largest absolute Gasteiger partial charge is 0.368 e. The van der Waals surface area contributed by atoms with Crippen LogP contribution in [0.1, 0.15) is 16.8 Å². The number of nitrogens with one attached hydrogen (secondary N) is 2. The first-order chi connectivity index (χ1) is 14.0. The molecule has 29 heavy (non-hydrogen) atoms. The molecule has 0 spiro atoms. The van der Waals surface area contributed by atoms with Crippen molar-refractivity contribution in [1.29, 1.82) is 0 Å². The lowest BCUT2D eigenvalue weighted by Gasteiger charge is -2.36. The summed E-state index contributed by atoms with van der Waals surface area (Å²) < 4.78 is 13.1. The molecule has 7 nitrogen and oxygen atoms in total. The fraction of sp³-hybridized carbons (Fsp3) is 0.286. The van der Waals surface area contributed by atoms with Gasteiger partial charge in [0.1, 0.15) is 11.9 Å². The van der Waals surface area contributed by atoms with Crippen molar-refractivity contribution in [1.82, 2.24) is 10.2 Å². The Hall–Kier alpha value is -3.42. The molecule has 2 heterocycles. The summed E-state index contributed by atoms with van der Waals surface area (Å²) in [6.07, 6.45) is -0.0951. The van der Waals surface area contributed by atoms with Gasteiger partial charge in [-0.15, -0.1) is 0 Å². The van der Waals surface area contributed by atoms with Gasteiger partial charge in [0.2, 0.25) is 11.8 Å². The fourth-order valence-electron chi connectivity index (χ4n) is 3.62. The van der Waals surface area contributed by atoms with Gasteiger partial charge in [0.15, 0.2) is 0 Å². The normalized spacial score (nSPS) is 19.1. The molecule has 1 atom stereocenters. The first kappa shape index (κ1) is 18.9. The number of halogens is 1. The van der Waals surface area contributed by atoms with E-state index in [1.165, 1.54) is 12.1 Å². The summed E-state index contributed by atoms with van der Waals surface area (Å²) in [7, 11) is 0. The second kappa shape index (κ2) is 7.90. The molecule has 150 valence electrons. The average molecular weight is 396 g/mol. The van der Waals surface area contributed by atoms with Crippen LogP contribution in [0, 0.1) is 5.82 Å². The van der Waals surface area contributed by atoms with E-state index in [-0.39, 0.29) is 24.1 Å². The van der Waals surface area contributed by atoms with Crippen molar-refractivity contribution in [3.8, 4) is 0 Å². The molecule has 2 aromatic carbocycles. The smallest absolute Gasteiger partial charge is 0.254 e. The van der Waals surface area contributed by atoms with Crippen molar-refractivity contribution < 1.29 is 18.8 Å². The molecule has 0 bridgehead atoms. The molecule has 0 radical (unpaired) electrons. The summed E-state index contributed by atoms with van der Waals surface area (Å²) >= 11 is 0. The Morgan fingerprint density at radius 3 is 2.41 bits per heavy atom. The highest BCUT2D eigenvalue weighted by Crippen LogP contribution is 2.20. The van der Waals surface area contributed by atoms with E-state index in [9.17, 15) is 18.8 Å². The minimum Gasteiger partial charge on any atom is -0.368 e. The van der Waals surface area contributed by atoms with E-state index in [2.05, 4.69) is 15.5 Å². The van der Waals surface area contributed by atoms with Crippen LogP contribution in [0.2, 0.25) is 0 Å². The number of hydrogen-bond donors (Lipinski definition) is 2. The maximum absolute atomic E-state index is 13.1. The quantitative estimate of drug-likeness (QED) is 0.826. The number of amides is 3. The number of benzene rings is 2. The number of para-hydroxylation sites is 1. The Bertz CT molecular complexity index is 939. The molecule has 8 heteroatoms. The number of nitrogens with zero attached hydrogens (tertiary/aromatic N) is 2. The standard InChI is InChI=1S/C21H21FN4O3/c22-14-5-7-15(8-6-14)25-9-11-26(12-10-25)19(27)13-18-21(29)23-17-4-2-1-3-16(17)20(28)24-18/h1-8,18H,9-13H2,(H,23,29)(H,24,28)/t18-/m0/s1. The molecule has 0 aromatic heterocycles. The zero-order valence-corrected chi connectivity index (χ0v) is 15.7. The van der Waals surface area contributed by atoms with Gasteiger partial charge in [0.25, 0.3) is 5.91 Å². The summed E-state index contributed by atoms with van der Waals surface area (Å²) in [6.45, 7) is 2.23. The maximum Gasteiger partial charge on any atom is 0.254 e. The fourth-order valence-corrected chi connectivity index (χ4v) is 3.62. The van der Waals surface area contributed by atoms with E-state index < -0.39 is 11.9 Å². The van der Waals surface area contributed by atoms with Crippen molar-refractivity contribution in [2.45, 2.75) is 12.5 Å². The molecular weight excluding hydrogens is 375 g/mol. The Morgan fingerprint density at radius 1 is 1.00 bits per heavy atom. The van der Waals surface area contributed by atoms with Gasteiger partial charge in [-0.3, -0.25) is 14.4 Å². The first-order valence-electron chi connectivity index (χ1n) is 9.50. The van der Waals surface area contributed by atoms with Gasteiger partial charge in [-0.05, 0) is 36.4 Å². The van der Waals surface area contributed by atoms with Crippen LogP contribution in [0.25, 0.3) is 0 Å². The van der Waals surface area contributed by atoms with Crippen molar-refractivity contribution in [2.75, 3.05) is 36.4 Å². The Labute approximate surface area is 167 Å². The van der Waals surface area contributed by atoms with E-state index in [0.29, 0.717) is 37.4 Å². The third-order valence-electron chi connectivity index (χ3n) is 5.25. The summed E-state index contributed by atoms with van der Waals surface area (Å²) in [5.74, 6) is -1.25. The molecule has 4 rings (SSSR count). The highest BCUT2D eigenvalue weighted by atomic mass is 19.1. The highest BCUT2D eigenvalue weighted by Gasteiger charge is 2.31. The summed E-state index contributed by atoms with van der Waals surface area (Å²) in [5, 5.41) is 5.36. The average Bonchev–Trinajstić information content (AvgIpc) is 2.85. The molecule has 1 fully saturated rings. The predicted molar refractivity (Wildman–Crippen MR) is 106 cm³/mol. The minimum atomic E-state index is -0.919. The highest BCUT2D eigenvalue weighted by molar-refractivity contribution is 6.10. The van der Waals surface area contributed by atoms with E-state index >= 15 is 0 Å². The van der Waals surface area contributed by atoms with Crippen LogP contribution in [-0.2, 0) is 9.59 Å². The monoisotopic (exact) mass is 396 g/mol. The van der Waals surface area contributed by atoms with Crippen LogP contribution in [0.5, 0.6) is 0 Å². The zero-order valence-electron chi connectivity index (χ0n) is 15.7. The zero-order chi connectivity index (χ0) is 20.4. The third-order valence-corrected chi connectivity index (χ3v) is 5.25. The number of hydrogen-bond acceptors (Lipinski definition) is 4. The van der Waals surface area contributed by atoms with Crippen molar-refractivity contribution in [3.63, 3.8) is 0 Å². The van der Waals surface area contributed by atoms with Crippen molar-refractivity contribution in [2.24, 2.45) is 0 Å². The second-order valence-corrected chi connectivity index (χ2v) is 7.11. The van der Waals surface area contributed by atoms with E-state index in [1.807, 2.05) is 0 Å². The molecular formula is C21H21FN4O3. The minimum absolute atomic E-state index is 0.0951. The third kappa shape index (κ3) is 4.06. The van der Waals surface area contributed by atoms with Gasteiger partial charge in [-0.25, -0.2) is 4.39 Å². The summed E-state index contributed by atoms with van der Waals surface area (Å²) in [5.41, 5.74) is 1.73. The molecule has 0 aliphatic carbocycles. The van der Waals surface area contributed by atoms with Gasteiger partial charge >= 0.3 is 0 Å². The first-order valence-corrected chi connectivity index (χ1v) is 9.50. The number of piperazine rings is 1. The maximum atomic E-state index is 13.1. The molecule has 0 saturated carbocycles. The Morgan fingerprint density at radius 2 is 1.69 bits per heavy atom. The van der Waals surface area contributed by atoms with Crippen molar-refractivity contribution in [3.05, 3.63) is 59.9 Å². The Balaban J connectivity index is 1.36. The van der Waals surface area contributed by atoms with Crippen molar-refractivity contribution >= 4 is 29.1 Å². The SMILES string of the molecule is O=C1N[C@@H](CC(=O)N2CCN(c3ccc(F)cc3)CC2)C(=O)Nc2ccccc21. The summed E-state index contributed by atoms with van der Waals surface area (Å²) in [4.78, 5) is 41.3. The summed E-state index contributed by atoms with van der Waals surface area (Å²) in [6, 6.07) is 12.1. The molecule has 0 unspecified atom stereocenters. The van der Waals surface area contributed by atoms with Gasteiger partial charge in [0.05, 0.1) is 17.7 Å². The predicted octanol–water partition coefficient (Wildman–Crippen LogP) is 1.62. The lowest BCUT2D eigenvalue weighted by atomic mass is 10.1. The molecule has 2 aromatic rings. The van der Waals surface area contributed by atoms with Crippen LogP contribution in [0.15, 0.2) is 48.5 Å². The van der Waals surface area contributed by atoms with Gasteiger partial charge in [-0.2, -0.15) is 0 Å². The lowest BCUT2D eigenvalue weighted by Crippen LogP contribution is -2.51.